The van der Waals surface area contributed by atoms with Gasteiger partial charge in [-0.25, -0.2) is 9.97 Å². The summed E-state index contributed by atoms with van der Waals surface area (Å²) >= 11 is 1.51. The summed E-state index contributed by atoms with van der Waals surface area (Å²) in [6.07, 6.45) is 0. The molecule has 1 amide bonds. The minimum Gasteiger partial charge on any atom is -0.398 e. The van der Waals surface area contributed by atoms with Crippen LogP contribution >= 0.6 is 11.3 Å². The van der Waals surface area contributed by atoms with Crippen LogP contribution in [0.2, 0.25) is 0 Å². The molecule has 0 spiro atoms. The van der Waals surface area contributed by atoms with Gasteiger partial charge in [0.1, 0.15) is 5.69 Å². The Hall–Kier alpha value is -2.47. The van der Waals surface area contributed by atoms with E-state index in [0.29, 0.717) is 17.9 Å². The molecule has 2 heterocycles. The Morgan fingerprint density at radius 2 is 2.19 bits per heavy atom. The number of rotatable bonds is 3. The molecule has 6 heteroatoms. The van der Waals surface area contributed by atoms with Crippen molar-refractivity contribution in [3.63, 3.8) is 0 Å². The lowest BCUT2D eigenvalue weighted by Crippen LogP contribution is -2.27. The number of nitrogen functional groups attached to an aromatic ring is 1. The number of benzene rings is 1. The van der Waals surface area contributed by atoms with Gasteiger partial charge in [0.05, 0.1) is 23.3 Å². The largest absolute Gasteiger partial charge is 0.398 e. The van der Waals surface area contributed by atoms with Crippen LogP contribution in [0.4, 0.5) is 5.69 Å². The standard InChI is InChI=1S/C15H14N4OS/c1-19(7-10-8-21-9-17-10)15(20)14-6-12(16)11-4-2-3-5-13(11)18-14/h2-6,8-9H,7H2,1H3,(H2,16,18). The monoisotopic (exact) mass is 298 g/mol. The number of nitrogens with zero attached hydrogens (tertiary/aromatic N) is 3. The van der Waals surface area contributed by atoms with Crippen LogP contribution in [0.5, 0.6) is 0 Å². The van der Waals surface area contributed by atoms with Crippen LogP contribution in [0.25, 0.3) is 10.9 Å². The minimum atomic E-state index is -0.166. The molecule has 0 bridgehead atoms. The van der Waals surface area contributed by atoms with Gasteiger partial charge >= 0.3 is 0 Å². The second kappa shape index (κ2) is 5.49. The molecular formula is C15H14N4OS. The van der Waals surface area contributed by atoms with Crippen LogP contribution in [-0.2, 0) is 6.54 Å². The Morgan fingerprint density at radius 1 is 1.38 bits per heavy atom. The molecule has 2 aromatic heterocycles. The molecule has 0 unspecified atom stereocenters. The third-order valence-electron chi connectivity index (χ3n) is 3.20. The van der Waals surface area contributed by atoms with Gasteiger partial charge in [-0.15, -0.1) is 11.3 Å². The number of carbonyl (C=O) groups excluding carboxylic acids is 1. The lowest BCUT2D eigenvalue weighted by molar-refractivity contribution is 0.0778. The van der Waals surface area contributed by atoms with Crippen molar-refractivity contribution >= 4 is 33.8 Å². The van der Waals surface area contributed by atoms with Gasteiger partial charge in [0.2, 0.25) is 0 Å². The fourth-order valence-electron chi connectivity index (χ4n) is 2.14. The number of para-hydroxylation sites is 1. The zero-order valence-corrected chi connectivity index (χ0v) is 12.3. The molecule has 0 aliphatic heterocycles. The lowest BCUT2D eigenvalue weighted by atomic mass is 10.1. The van der Waals surface area contributed by atoms with E-state index < -0.39 is 0 Å². The van der Waals surface area contributed by atoms with Crippen LogP contribution in [0.1, 0.15) is 16.2 Å². The molecule has 0 aliphatic rings. The first-order valence-corrected chi connectivity index (χ1v) is 7.37. The van der Waals surface area contributed by atoms with Gasteiger partial charge in [-0.1, -0.05) is 18.2 Å². The number of anilines is 1. The predicted octanol–water partition coefficient (Wildman–Crippen LogP) is 2.55. The number of aromatic nitrogens is 2. The Bertz CT molecular complexity index is 785. The number of fused-ring (bicyclic) bond motifs is 1. The smallest absolute Gasteiger partial charge is 0.272 e. The van der Waals surface area contributed by atoms with Crippen molar-refractivity contribution in [1.82, 2.24) is 14.9 Å². The van der Waals surface area contributed by atoms with E-state index in [1.807, 2.05) is 29.6 Å². The van der Waals surface area contributed by atoms with Gasteiger partial charge in [0.15, 0.2) is 0 Å². The SMILES string of the molecule is CN(Cc1cscn1)C(=O)c1cc(N)c2ccccc2n1. The third kappa shape index (κ3) is 2.71. The van der Waals surface area contributed by atoms with Gasteiger partial charge in [-0.05, 0) is 12.1 Å². The van der Waals surface area contributed by atoms with E-state index in [9.17, 15) is 4.79 Å². The normalized spacial score (nSPS) is 10.7. The topological polar surface area (TPSA) is 72.1 Å². The van der Waals surface area contributed by atoms with Crippen LogP contribution in [0.15, 0.2) is 41.2 Å². The number of amides is 1. The summed E-state index contributed by atoms with van der Waals surface area (Å²) in [6.45, 7) is 0.455. The molecular weight excluding hydrogens is 284 g/mol. The van der Waals surface area contributed by atoms with Gasteiger partial charge in [-0.3, -0.25) is 4.79 Å². The summed E-state index contributed by atoms with van der Waals surface area (Å²) in [6, 6.07) is 9.15. The molecule has 0 atom stereocenters. The predicted molar refractivity (Wildman–Crippen MR) is 84.1 cm³/mol. The molecule has 0 aliphatic carbocycles. The fraction of sp³-hybridized carbons (Fsp3) is 0.133. The van der Waals surface area contributed by atoms with Crippen molar-refractivity contribution < 1.29 is 4.79 Å². The second-order valence-corrected chi connectivity index (χ2v) is 5.47. The molecule has 0 saturated carbocycles. The molecule has 3 rings (SSSR count). The molecule has 0 fully saturated rings. The minimum absolute atomic E-state index is 0.166. The zero-order chi connectivity index (χ0) is 14.8. The Morgan fingerprint density at radius 3 is 2.95 bits per heavy atom. The lowest BCUT2D eigenvalue weighted by Gasteiger charge is -2.16. The molecule has 3 aromatic rings. The van der Waals surface area contributed by atoms with E-state index >= 15 is 0 Å². The molecule has 21 heavy (non-hydrogen) atoms. The van der Waals surface area contributed by atoms with E-state index in [2.05, 4.69) is 9.97 Å². The first-order chi connectivity index (χ1) is 10.1. The average Bonchev–Trinajstić information content (AvgIpc) is 2.99. The van der Waals surface area contributed by atoms with E-state index in [4.69, 9.17) is 5.73 Å². The number of hydrogen-bond donors (Lipinski definition) is 1. The maximum Gasteiger partial charge on any atom is 0.272 e. The first kappa shape index (κ1) is 13.5. The van der Waals surface area contributed by atoms with Gasteiger partial charge in [0, 0.05) is 23.5 Å². The molecule has 0 radical (unpaired) electrons. The molecule has 2 N–H and O–H groups in total. The maximum atomic E-state index is 12.5. The highest BCUT2D eigenvalue weighted by molar-refractivity contribution is 7.07. The Kier molecular flexibility index (Phi) is 3.53. The zero-order valence-electron chi connectivity index (χ0n) is 11.5. The molecule has 0 saturated heterocycles. The maximum absolute atomic E-state index is 12.5. The first-order valence-electron chi connectivity index (χ1n) is 6.43. The van der Waals surface area contributed by atoms with E-state index in [0.717, 1.165) is 16.6 Å². The number of carbonyl (C=O) groups is 1. The van der Waals surface area contributed by atoms with E-state index in [-0.39, 0.29) is 5.91 Å². The number of thiazole rings is 1. The van der Waals surface area contributed by atoms with E-state index in [1.54, 1.807) is 23.5 Å². The third-order valence-corrected chi connectivity index (χ3v) is 3.83. The summed E-state index contributed by atoms with van der Waals surface area (Å²) in [7, 11) is 1.73. The second-order valence-electron chi connectivity index (χ2n) is 4.75. The van der Waals surface area contributed by atoms with Crippen molar-refractivity contribution in [3.8, 4) is 0 Å². The molecule has 1 aromatic carbocycles. The van der Waals surface area contributed by atoms with Crippen LogP contribution in [0, 0.1) is 0 Å². The number of nitrogens with two attached hydrogens (primary N) is 1. The van der Waals surface area contributed by atoms with Crippen LogP contribution in [-0.4, -0.2) is 27.8 Å². The summed E-state index contributed by atoms with van der Waals surface area (Å²) < 4.78 is 0. The summed E-state index contributed by atoms with van der Waals surface area (Å²) in [5.41, 5.74) is 10.3. The fourth-order valence-corrected chi connectivity index (χ4v) is 2.69. The van der Waals surface area contributed by atoms with Crippen molar-refractivity contribution in [2.75, 3.05) is 12.8 Å². The summed E-state index contributed by atoms with van der Waals surface area (Å²) in [5, 5.41) is 2.78. The highest BCUT2D eigenvalue weighted by Gasteiger charge is 2.16. The van der Waals surface area contributed by atoms with Crippen molar-refractivity contribution in [1.29, 1.82) is 0 Å². The highest BCUT2D eigenvalue weighted by atomic mass is 32.1. The summed E-state index contributed by atoms with van der Waals surface area (Å²) in [5.74, 6) is -0.166. The van der Waals surface area contributed by atoms with Gasteiger partial charge in [0.25, 0.3) is 5.91 Å². The van der Waals surface area contributed by atoms with Gasteiger partial charge < -0.3 is 10.6 Å². The van der Waals surface area contributed by atoms with Crippen LogP contribution in [0.3, 0.4) is 0 Å². The molecule has 106 valence electrons. The van der Waals surface area contributed by atoms with Crippen molar-refractivity contribution in [3.05, 3.63) is 52.6 Å². The Balaban J connectivity index is 1.90. The highest BCUT2D eigenvalue weighted by Crippen LogP contribution is 2.21. The Labute approximate surface area is 126 Å². The number of pyridine rings is 1. The summed E-state index contributed by atoms with van der Waals surface area (Å²) in [4.78, 5) is 22.6. The van der Waals surface area contributed by atoms with Crippen molar-refractivity contribution in [2.45, 2.75) is 6.54 Å². The van der Waals surface area contributed by atoms with Crippen molar-refractivity contribution in [2.24, 2.45) is 0 Å². The van der Waals surface area contributed by atoms with Crippen LogP contribution < -0.4 is 5.73 Å². The average molecular weight is 298 g/mol. The van der Waals surface area contributed by atoms with Gasteiger partial charge in [-0.2, -0.15) is 0 Å². The van der Waals surface area contributed by atoms with E-state index in [1.165, 1.54) is 11.3 Å². The quantitative estimate of drug-likeness (QED) is 0.806. The molecule has 5 nitrogen and oxygen atoms in total. The number of hydrogen-bond acceptors (Lipinski definition) is 5.